The molecule has 9 heteroatoms. The third-order valence-corrected chi connectivity index (χ3v) is 3.15. The van der Waals surface area contributed by atoms with E-state index in [0.29, 0.717) is 28.2 Å². The average Bonchev–Trinajstić information content (AvgIpc) is 2.91. The van der Waals surface area contributed by atoms with Gasteiger partial charge < -0.3 is 10.5 Å². The standard InChI is InChI=1S/C11H11N7OS/c1-19-6-4-3-5-13-7(6)8-14-10-16-11(20-2)15-9(12)18(10)17-8/h3-5H,1-2H3,(H2,12,14,15,16,17). The Hall–Kier alpha value is -2.42. The summed E-state index contributed by atoms with van der Waals surface area (Å²) in [7, 11) is 1.57. The minimum atomic E-state index is 0.230. The van der Waals surface area contributed by atoms with E-state index < -0.39 is 0 Å². The van der Waals surface area contributed by atoms with Crippen LogP contribution in [-0.2, 0) is 0 Å². The van der Waals surface area contributed by atoms with Gasteiger partial charge in [0.05, 0.1) is 7.11 Å². The number of anilines is 1. The summed E-state index contributed by atoms with van der Waals surface area (Å²) in [6, 6.07) is 3.56. The van der Waals surface area contributed by atoms with Crippen molar-refractivity contribution in [1.29, 1.82) is 0 Å². The fourth-order valence-corrected chi connectivity index (χ4v) is 2.06. The average molecular weight is 289 g/mol. The largest absolute Gasteiger partial charge is 0.494 e. The third-order valence-electron chi connectivity index (χ3n) is 2.60. The van der Waals surface area contributed by atoms with E-state index in [9.17, 15) is 0 Å². The van der Waals surface area contributed by atoms with Crippen molar-refractivity contribution in [2.45, 2.75) is 5.16 Å². The number of thioether (sulfide) groups is 1. The molecule has 2 N–H and O–H groups in total. The van der Waals surface area contributed by atoms with Gasteiger partial charge in [-0.05, 0) is 18.4 Å². The second kappa shape index (κ2) is 4.93. The number of pyridine rings is 1. The first-order chi connectivity index (χ1) is 9.72. The van der Waals surface area contributed by atoms with Gasteiger partial charge in [0.25, 0.3) is 5.78 Å². The Labute approximate surface area is 118 Å². The second-order valence-corrected chi connectivity index (χ2v) is 4.54. The Kier molecular flexibility index (Phi) is 3.11. The van der Waals surface area contributed by atoms with Crippen LogP contribution < -0.4 is 10.5 Å². The van der Waals surface area contributed by atoms with Gasteiger partial charge in [0.15, 0.2) is 10.9 Å². The maximum absolute atomic E-state index is 5.84. The lowest BCUT2D eigenvalue weighted by Gasteiger charge is -2.02. The van der Waals surface area contributed by atoms with E-state index in [1.54, 1.807) is 25.4 Å². The molecule has 8 nitrogen and oxygen atoms in total. The van der Waals surface area contributed by atoms with Crippen molar-refractivity contribution in [1.82, 2.24) is 29.5 Å². The van der Waals surface area contributed by atoms with Crippen LogP contribution in [0.5, 0.6) is 5.75 Å². The maximum Gasteiger partial charge on any atom is 0.258 e. The van der Waals surface area contributed by atoms with Gasteiger partial charge >= 0.3 is 0 Å². The lowest BCUT2D eigenvalue weighted by atomic mass is 10.3. The molecule has 0 aliphatic carbocycles. The Balaban J connectivity index is 2.20. The number of aromatic nitrogens is 6. The molecule has 0 radical (unpaired) electrons. The molecule has 102 valence electrons. The highest BCUT2D eigenvalue weighted by Crippen LogP contribution is 2.25. The maximum atomic E-state index is 5.84. The van der Waals surface area contributed by atoms with Gasteiger partial charge in [-0.25, -0.2) is 4.98 Å². The number of methoxy groups -OCH3 is 1. The summed E-state index contributed by atoms with van der Waals surface area (Å²) in [5.41, 5.74) is 6.37. The zero-order valence-corrected chi connectivity index (χ0v) is 11.6. The van der Waals surface area contributed by atoms with Crippen LogP contribution in [0.25, 0.3) is 17.3 Å². The summed E-state index contributed by atoms with van der Waals surface area (Å²) in [5, 5.41) is 4.81. The van der Waals surface area contributed by atoms with Gasteiger partial charge in [-0.3, -0.25) is 0 Å². The third kappa shape index (κ3) is 2.01. The molecule has 3 heterocycles. The highest BCUT2D eigenvalue weighted by Gasteiger charge is 2.15. The fourth-order valence-electron chi connectivity index (χ4n) is 1.70. The quantitative estimate of drug-likeness (QED) is 0.709. The molecule has 0 spiro atoms. The van der Waals surface area contributed by atoms with Crippen molar-refractivity contribution in [3.63, 3.8) is 0 Å². The van der Waals surface area contributed by atoms with Gasteiger partial charge in [0.2, 0.25) is 11.8 Å². The smallest absolute Gasteiger partial charge is 0.258 e. The number of ether oxygens (including phenoxy) is 1. The molecule has 0 amide bonds. The SMILES string of the molecule is COc1cccnc1-c1nc2nc(SC)nc(N)n2n1. The van der Waals surface area contributed by atoms with Crippen LogP contribution in [0.4, 0.5) is 5.95 Å². The first kappa shape index (κ1) is 12.6. The number of hydrogen-bond acceptors (Lipinski definition) is 8. The molecule has 0 atom stereocenters. The predicted molar refractivity (Wildman–Crippen MR) is 74.6 cm³/mol. The molecule has 0 fully saturated rings. The molecule has 0 unspecified atom stereocenters. The monoisotopic (exact) mass is 289 g/mol. The van der Waals surface area contributed by atoms with Crippen molar-refractivity contribution in [3.05, 3.63) is 18.3 Å². The topological polar surface area (TPSA) is 104 Å². The molecule has 0 saturated carbocycles. The first-order valence-electron chi connectivity index (χ1n) is 5.66. The summed E-state index contributed by atoms with van der Waals surface area (Å²) in [4.78, 5) is 16.9. The fraction of sp³-hybridized carbons (Fsp3) is 0.182. The molecule has 0 bridgehead atoms. The highest BCUT2D eigenvalue weighted by molar-refractivity contribution is 7.98. The van der Waals surface area contributed by atoms with E-state index >= 15 is 0 Å². The normalized spacial score (nSPS) is 10.9. The molecule has 3 rings (SSSR count). The van der Waals surface area contributed by atoms with Crippen LogP contribution in [0.3, 0.4) is 0 Å². The Morgan fingerprint density at radius 2 is 2.15 bits per heavy atom. The Bertz CT molecular complexity index is 773. The lowest BCUT2D eigenvalue weighted by Crippen LogP contribution is -2.04. The number of hydrogen-bond donors (Lipinski definition) is 1. The highest BCUT2D eigenvalue weighted by atomic mass is 32.2. The van der Waals surface area contributed by atoms with Crippen molar-refractivity contribution >= 4 is 23.5 Å². The van der Waals surface area contributed by atoms with Gasteiger partial charge in [-0.15, -0.1) is 5.10 Å². The van der Waals surface area contributed by atoms with Gasteiger partial charge in [0, 0.05) is 6.20 Å². The van der Waals surface area contributed by atoms with Crippen LogP contribution in [0.15, 0.2) is 23.5 Å². The van der Waals surface area contributed by atoms with Crippen molar-refractivity contribution in [2.75, 3.05) is 19.1 Å². The summed E-state index contributed by atoms with van der Waals surface area (Å²) < 4.78 is 6.63. The van der Waals surface area contributed by atoms with Crippen LogP contribution in [0, 0.1) is 0 Å². The molecule has 0 aliphatic heterocycles. The van der Waals surface area contributed by atoms with Crippen LogP contribution in [0.2, 0.25) is 0 Å². The van der Waals surface area contributed by atoms with Gasteiger partial charge in [-0.1, -0.05) is 11.8 Å². The molecule has 0 saturated heterocycles. The van der Waals surface area contributed by atoms with Crippen molar-refractivity contribution in [2.24, 2.45) is 0 Å². The van der Waals surface area contributed by atoms with E-state index in [1.165, 1.54) is 16.3 Å². The van der Waals surface area contributed by atoms with E-state index in [4.69, 9.17) is 10.5 Å². The Morgan fingerprint density at radius 3 is 2.90 bits per heavy atom. The van der Waals surface area contributed by atoms with Crippen LogP contribution >= 0.6 is 11.8 Å². The molecule has 0 aromatic carbocycles. The minimum Gasteiger partial charge on any atom is -0.494 e. The minimum absolute atomic E-state index is 0.230. The van der Waals surface area contributed by atoms with E-state index in [1.807, 2.05) is 6.26 Å². The summed E-state index contributed by atoms with van der Waals surface area (Å²) in [5.74, 6) is 1.58. The van der Waals surface area contributed by atoms with Crippen LogP contribution in [0.1, 0.15) is 0 Å². The van der Waals surface area contributed by atoms with Crippen molar-refractivity contribution < 1.29 is 4.74 Å². The van der Waals surface area contributed by atoms with E-state index in [-0.39, 0.29) is 5.95 Å². The molecule has 3 aromatic heterocycles. The molecule has 3 aromatic rings. The molecular weight excluding hydrogens is 278 g/mol. The zero-order chi connectivity index (χ0) is 14.1. The number of nitrogen functional groups attached to an aromatic ring is 1. The Morgan fingerprint density at radius 1 is 1.30 bits per heavy atom. The molecular formula is C11H11N7OS. The number of rotatable bonds is 3. The number of nitrogens with two attached hydrogens (primary N) is 1. The molecule has 0 aliphatic rings. The molecule has 20 heavy (non-hydrogen) atoms. The van der Waals surface area contributed by atoms with E-state index in [2.05, 4.69) is 25.0 Å². The second-order valence-electron chi connectivity index (χ2n) is 3.77. The number of nitrogens with zero attached hydrogens (tertiary/aromatic N) is 6. The zero-order valence-electron chi connectivity index (χ0n) is 10.8. The van der Waals surface area contributed by atoms with E-state index in [0.717, 1.165) is 0 Å². The summed E-state index contributed by atoms with van der Waals surface area (Å²) >= 11 is 1.39. The van der Waals surface area contributed by atoms with Gasteiger partial charge in [0.1, 0.15) is 5.75 Å². The van der Waals surface area contributed by atoms with Crippen molar-refractivity contribution in [3.8, 4) is 17.3 Å². The van der Waals surface area contributed by atoms with Gasteiger partial charge in [-0.2, -0.15) is 19.5 Å². The predicted octanol–water partition coefficient (Wildman–Crippen LogP) is 0.894. The number of fused-ring (bicyclic) bond motifs is 1. The summed E-state index contributed by atoms with van der Waals surface area (Å²) in [6.07, 6.45) is 3.51. The lowest BCUT2D eigenvalue weighted by molar-refractivity contribution is 0.414. The van der Waals surface area contributed by atoms with Crippen LogP contribution in [-0.4, -0.2) is 42.9 Å². The summed E-state index contributed by atoms with van der Waals surface area (Å²) in [6.45, 7) is 0. The first-order valence-corrected chi connectivity index (χ1v) is 6.89.